The summed E-state index contributed by atoms with van der Waals surface area (Å²) in [5.74, 6) is 0.703. The zero-order valence-electron chi connectivity index (χ0n) is 15.1. The summed E-state index contributed by atoms with van der Waals surface area (Å²) in [6.07, 6.45) is 1.40. The van der Waals surface area contributed by atoms with Gasteiger partial charge >= 0.3 is 0 Å². The first-order chi connectivity index (χ1) is 13.7. The first-order valence-corrected chi connectivity index (χ1v) is 9.03. The van der Waals surface area contributed by atoms with Crippen molar-refractivity contribution in [2.75, 3.05) is 13.2 Å². The maximum absolute atomic E-state index is 13.1. The minimum Gasteiger partial charge on any atom is -0.486 e. The summed E-state index contributed by atoms with van der Waals surface area (Å²) in [4.78, 5) is 26.0. The third-order valence-corrected chi connectivity index (χ3v) is 4.47. The number of fused-ring (bicyclic) bond motifs is 1. The zero-order chi connectivity index (χ0) is 19.3. The fraction of sp³-hybridized carbons (Fsp3) is 0.0833. The Morgan fingerprint density at radius 2 is 1.29 bits per heavy atom. The van der Waals surface area contributed by atoms with E-state index in [0.717, 1.165) is 0 Å². The van der Waals surface area contributed by atoms with Crippen LogP contribution >= 0.6 is 0 Å². The molecule has 0 bridgehead atoms. The van der Waals surface area contributed by atoms with Crippen LogP contribution in [-0.2, 0) is 0 Å². The molecule has 0 N–H and O–H groups in total. The number of ether oxygens (including phenoxy) is 2. The topological polar surface area (TPSA) is 52.6 Å². The van der Waals surface area contributed by atoms with Gasteiger partial charge in [-0.05, 0) is 29.8 Å². The van der Waals surface area contributed by atoms with E-state index in [9.17, 15) is 9.59 Å². The van der Waals surface area contributed by atoms with E-state index in [1.54, 1.807) is 42.5 Å². The lowest BCUT2D eigenvalue weighted by molar-refractivity contribution is 0.102. The number of rotatable bonds is 5. The van der Waals surface area contributed by atoms with Crippen LogP contribution in [0.25, 0.3) is 5.57 Å². The SMILES string of the molecule is O=C(C=C(C(=O)c1ccccc1)c1ccccc1)c1ccc2c(c1)OCCO2. The van der Waals surface area contributed by atoms with Gasteiger partial charge < -0.3 is 9.47 Å². The van der Waals surface area contributed by atoms with Crippen molar-refractivity contribution in [2.45, 2.75) is 0 Å². The van der Waals surface area contributed by atoms with Crippen LogP contribution in [0.1, 0.15) is 26.3 Å². The molecule has 0 spiro atoms. The van der Waals surface area contributed by atoms with Crippen molar-refractivity contribution >= 4 is 17.1 Å². The Morgan fingerprint density at radius 1 is 0.679 bits per heavy atom. The largest absolute Gasteiger partial charge is 0.486 e. The number of ketones is 2. The second-order valence-electron chi connectivity index (χ2n) is 6.34. The highest BCUT2D eigenvalue weighted by Crippen LogP contribution is 2.31. The number of hydrogen-bond acceptors (Lipinski definition) is 4. The Bertz CT molecular complexity index is 1040. The van der Waals surface area contributed by atoms with Crippen LogP contribution in [0.15, 0.2) is 84.9 Å². The standard InChI is InChI=1S/C24H18O4/c25-21(19-11-12-22-23(15-19)28-14-13-27-22)16-20(17-7-3-1-4-8-17)24(26)18-9-5-2-6-10-18/h1-12,15-16H,13-14H2. The summed E-state index contributed by atoms with van der Waals surface area (Å²) in [5, 5.41) is 0. The highest BCUT2D eigenvalue weighted by Gasteiger charge is 2.18. The van der Waals surface area contributed by atoms with E-state index in [4.69, 9.17) is 9.47 Å². The fourth-order valence-electron chi connectivity index (χ4n) is 3.05. The van der Waals surface area contributed by atoms with E-state index in [1.165, 1.54) is 6.08 Å². The van der Waals surface area contributed by atoms with Crippen molar-refractivity contribution in [2.24, 2.45) is 0 Å². The maximum Gasteiger partial charge on any atom is 0.193 e. The molecule has 28 heavy (non-hydrogen) atoms. The van der Waals surface area contributed by atoms with Gasteiger partial charge in [0, 0.05) is 16.7 Å². The number of carbonyl (C=O) groups excluding carboxylic acids is 2. The summed E-state index contributed by atoms with van der Waals surface area (Å²) in [5.41, 5.74) is 2.03. The molecule has 0 unspecified atom stereocenters. The van der Waals surface area contributed by atoms with Crippen LogP contribution < -0.4 is 9.47 Å². The van der Waals surface area contributed by atoms with Gasteiger partial charge in [-0.3, -0.25) is 9.59 Å². The van der Waals surface area contributed by atoms with Gasteiger partial charge in [0.15, 0.2) is 23.1 Å². The highest BCUT2D eigenvalue weighted by atomic mass is 16.6. The predicted molar refractivity (Wildman–Crippen MR) is 107 cm³/mol. The van der Waals surface area contributed by atoms with Crippen LogP contribution in [0.5, 0.6) is 11.5 Å². The van der Waals surface area contributed by atoms with Crippen molar-refractivity contribution < 1.29 is 19.1 Å². The van der Waals surface area contributed by atoms with Crippen molar-refractivity contribution in [3.63, 3.8) is 0 Å². The zero-order valence-corrected chi connectivity index (χ0v) is 15.1. The minimum atomic E-state index is -0.264. The number of hydrogen-bond donors (Lipinski definition) is 0. The number of carbonyl (C=O) groups is 2. The maximum atomic E-state index is 13.1. The predicted octanol–water partition coefficient (Wildman–Crippen LogP) is 4.61. The Kier molecular flexibility index (Phi) is 5.02. The minimum absolute atomic E-state index is 0.197. The van der Waals surface area contributed by atoms with Crippen molar-refractivity contribution in [1.82, 2.24) is 0 Å². The molecule has 0 aromatic heterocycles. The molecule has 4 heteroatoms. The van der Waals surface area contributed by atoms with Gasteiger partial charge in [0.2, 0.25) is 0 Å². The van der Waals surface area contributed by atoms with Crippen LogP contribution in [0.4, 0.5) is 0 Å². The molecule has 0 saturated heterocycles. The van der Waals surface area contributed by atoms with E-state index >= 15 is 0 Å². The molecule has 3 aromatic rings. The molecule has 1 heterocycles. The molecule has 0 amide bonds. The molecule has 0 radical (unpaired) electrons. The van der Waals surface area contributed by atoms with Crippen LogP contribution in [0.3, 0.4) is 0 Å². The first kappa shape index (κ1) is 17.7. The second kappa shape index (κ2) is 7.92. The summed E-state index contributed by atoms with van der Waals surface area (Å²) in [7, 11) is 0. The molecule has 4 rings (SSSR count). The third kappa shape index (κ3) is 3.71. The molecular weight excluding hydrogens is 352 g/mol. The molecule has 0 saturated carbocycles. The van der Waals surface area contributed by atoms with Gasteiger partial charge in [-0.1, -0.05) is 60.7 Å². The first-order valence-electron chi connectivity index (χ1n) is 9.03. The van der Waals surface area contributed by atoms with E-state index < -0.39 is 0 Å². The van der Waals surface area contributed by atoms with E-state index in [-0.39, 0.29) is 11.6 Å². The van der Waals surface area contributed by atoms with Gasteiger partial charge in [-0.15, -0.1) is 0 Å². The molecule has 1 aliphatic rings. The summed E-state index contributed by atoms with van der Waals surface area (Å²) < 4.78 is 11.1. The quantitative estimate of drug-likeness (QED) is 0.486. The average molecular weight is 370 g/mol. The lowest BCUT2D eigenvalue weighted by Gasteiger charge is -2.18. The van der Waals surface area contributed by atoms with Crippen molar-refractivity contribution in [1.29, 1.82) is 0 Å². The number of benzene rings is 3. The third-order valence-electron chi connectivity index (χ3n) is 4.47. The Balaban J connectivity index is 1.73. The number of allylic oxidation sites excluding steroid dienone is 2. The smallest absolute Gasteiger partial charge is 0.193 e. The fourth-order valence-corrected chi connectivity index (χ4v) is 3.05. The lowest BCUT2D eigenvalue weighted by Crippen LogP contribution is -2.15. The lowest BCUT2D eigenvalue weighted by atomic mass is 9.94. The van der Waals surface area contributed by atoms with Gasteiger partial charge in [0.1, 0.15) is 13.2 Å². The summed E-state index contributed by atoms with van der Waals surface area (Å²) in [6, 6.07) is 23.2. The Labute approximate surface area is 163 Å². The van der Waals surface area contributed by atoms with Crippen LogP contribution in [-0.4, -0.2) is 24.8 Å². The second-order valence-corrected chi connectivity index (χ2v) is 6.34. The van der Waals surface area contributed by atoms with Gasteiger partial charge in [0.05, 0.1) is 0 Å². The molecule has 0 fully saturated rings. The van der Waals surface area contributed by atoms with E-state index in [0.29, 0.717) is 47.0 Å². The van der Waals surface area contributed by atoms with Gasteiger partial charge in [0.25, 0.3) is 0 Å². The molecule has 138 valence electrons. The van der Waals surface area contributed by atoms with E-state index in [1.807, 2.05) is 36.4 Å². The van der Waals surface area contributed by atoms with Crippen molar-refractivity contribution in [3.8, 4) is 11.5 Å². The molecule has 0 aliphatic carbocycles. The molecule has 0 atom stereocenters. The summed E-state index contributed by atoms with van der Waals surface area (Å²) in [6.45, 7) is 0.937. The monoisotopic (exact) mass is 370 g/mol. The van der Waals surface area contributed by atoms with Crippen molar-refractivity contribution in [3.05, 3.63) is 102 Å². The Morgan fingerprint density at radius 3 is 1.96 bits per heavy atom. The van der Waals surface area contributed by atoms with Gasteiger partial charge in [-0.25, -0.2) is 0 Å². The Hall–Kier alpha value is -3.66. The normalized spacial score (nSPS) is 13.1. The molecule has 3 aromatic carbocycles. The molecule has 4 nitrogen and oxygen atoms in total. The average Bonchev–Trinajstić information content (AvgIpc) is 2.77. The molecule has 1 aliphatic heterocycles. The van der Waals surface area contributed by atoms with Crippen LogP contribution in [0, 0.1) is 0 Å². The molecular formula is C24H18O4. The van der Waals surface area contributed by atoms with Crippen LogP contribution in [0.2, 0.25) is 0 Å². The van der Waals surface area contributed by atoms with Gasteiger partial charge in [-0.2, -0.15) is 0 Å². The number of Topliss-reactive ketones (excluding diaryl/α,β-unsaturated/α-hetero) is 1. The van der Waals surface area contributed by atoms with E-state index in [2.05, 4.69) is 0 Å². The highest BCUT2D eigenvalue weighted by molar-refractivity contribution is 6.32. The summed E-state index contributed by atoms with van der Waals surface area (Å²) >= 11 is 0.